The Kier molecular flexibility index (Phi) is 4.82. The number of nitrogens with zero attached hydrogens (tertiary/aromatic N) is 3. The zero-order valence-corrected chi connectivity index (χ0v) is 14.3. The molecule has 1 aliphatic carbocycles. The molecule has 0 aliphatic heterocycles. The molecule has 2 aromatic heterocycles. The number of methoxy groups -OCH3 is 1. The molecule has 23 heavy (non-hydrogen) atoms. The van der Waals surface area contributed by atoms with Crippen molar-refractivity contribution >= 4 is 16.9 Å². The molecule has 6 nitrogen and oxygen atoms in total. The molecular weight excluding hydrogens is 292 g/mol. The highest BCUT2D eigenvalue weighted by Crippen LogP contribution is 2.31. The van der Waals surface area contributed by atoms with Crippen LogP contribution in [0.25, 0.3) is 11.0 Å². The zero-order valence-electron chi connectivity index (χ0n) is 14.3. The molecule has 0 amide bonds. The van der Waals surface area contributed by atoms with Gasteiger partial charge in [-0.1, -0.05) is 0 Å². The molecule has 1 atom stereocenters. The second-order valence-electron chi connectivity index (χ2n) is 6.15. The van der Waals surface area contributed by atoms with Gasteiger partial charge in [-0.3, -0.25) is 0 Å². The summed E-state index contributed by atoms with van der Waals surface area (Å²) in [5.41, 5.74) is 10.6. The van der Waals surface area contributed by atoms with E-state index in [1.54, 1.807) is 7.11 Å². The van der Waals surface area contributed by atoms with E-state index in [0.717, 1.165) is 41.9 Å². The van der Waals surface area contributed by atoms with Gasteiger partial charge in [0, 0.05) is 19.4 Å². The summed E-state index contributed by atoms with van der Waals surface area (Å²) in [6, 6.07) is 0. The summed E-state index contributed by atoms with van der Waals surface area (Å²) in [5.74, 6) is 1.43. The fourth-order valence-corrected chi connectivity index (χ4v) is 3.28. The monoisotopic (exact) mass is 318 g/mol. The largest absolute Gasteiger partial charge is 0.382 e. The number of nitrogen functional groups attached to an aromatic ring is 1. The summed E-state index contributed by atoms with van der Waals surface area (Å²) in [5, 5.41) is 0. The van der Waals surface area contributed by atoms with E-state index in [9.17, 15) is 0 Å². The van der Waals surface area contributed by atoms with Gasteiger partial charge in [0.2, 0.25) is 0 Å². The Labute approximate surface area is 137 Å². The lowest BCUT2D eigenvalue weighted by atomic mass is 9.95. The molecule has 3 rings (SSSR count). The van der Waals surface area contributed by atoms with Crippen molar-refractivity contribution in [2.75, 3.05) is 19.5 Å². The summed E-state index contributed by atoms with van der Waals surface area (Å²) < 4.78 is 13.3. The molecule has 0 saturated heterocycles. The predicted octanol–water partition coefficient (Wildman–Crippen LogP) is 2.46. The first-order valence-electron chi connectivity index (χ1n) is 8.42. The van der Waals surface area contributed by atoms with E-state index < -0.39 is 0 Å². The number of hydrogen-bond acceptors (Lipinski definition) is 5. The van der Waals surface area contributed by atoms with Crippen molar-refractivity contribution < 1.29 is 9.47 Å². The van der Waals surface area contributed by atoms with Crippen LogP contribution in [-0.2, 0) is 35.5 Å². The van der Waals surface area contributed by atoms with Crippen LogP contribution in [0, 0.1) is 0 Å². The quantitative estimate of drug-likeness (QED) is 0.885. The summed E-state index contributed by atoms with van der Waals surface area (Å²) in [6.45, 7) is 5.94. The molecule has 2 heterocycles. The number of aryl methyl sites for hydroxylation is 2. The molecule has 0 bridgehead atoms. The van der Waals surface area contributed by atoms with E-state index in [1.807, 2.05) is 6.92 Å². The van der Waals surface area contributed by atoms with Crippen molar-refractivity contribution in [2.24, 2.45) is 0 Å². The maximum Gasteiger partial charge on any atom is 0.151 e. The predicted molar refractivity (Wildman–Crippen MR) is 90.4 cm³/mol. The Morgan fingerprint density at radius 1 is 1.26 bits per heavy atom. The smallest absolute Gasteiger partial charge is 0.151 e. The Hall–Kier alpha value is -1.66. The normalized spacial score (nSPS) is 15.8. The van der Waals surface area contributed by atoms with Gasteiger partial charge in [0.05, 0.1) is 18.2 Å². The van der Waals surface area contributed by atoms with Crippen molar-refractivity contribution in [1.29, 1.82) is 0 Å². The SMILES string of the molecule is CCOCc1nc2c(N)nc3c(c2n1CC(C)OC)CCCC3. The van der Waals surface area contributed by atoms with E-state index in [2.05, 4.69) is 16.5 Å². The Morgan fingerprint density at radius 3 is 2.78 bits per heavy atom. The van der Waals surface area contributed by atoms with Crippen LogP contribution in [0.5, 0.6) is 0 Å². The van der Waals surface area contributed by atoms with Crippen LogP contribution in [0.15, 0.2) is 0 Å². The summed E-state index contributed by atoms with van der Waals surface area (Å²) in [7, 11) is 1.73. The van der Waals surface area contributed by atoms with E-state index in [4.69, 9.17) is 20.2 Å². The number of anilines is 1. The molecule has 2 N–H and O–H groups in total. The molecule has 0 aromatic carbocycles. The average molecular weight is 318 g/mol. The van der Waals surface area contributed by atoms with Crippen molar-refractivity contribution in [3.05, 3.63) is 17.1 Å². The number of fused-ring (bicyclic) bond motifs is 3. The van der Waals surface area contributed by atoms with E-state index in [1.165, 1.54) is 18.4 Å². The lowest BCUT2D eigenvalue weighted by Crippen LogP contribution is -2.18. The number of pyridine rings is 1. The summed E-state index contributed by atoms with van der Waals surface area (Å²) in [4.78, 5) is 9.35. The molecule has 1 unspecified atom stereocenters. The molecule has 1 aliphatic rings. The van der Waals surface area contributed by atoms with Crippen molar-refractivity contribution in [3.63, 3.8) is 0 Å². The minimum atomic E-state index is 0.0985. The number of imidazole rings is 1. The van der Waals surface area contributed by atoms with Crippen LogP contribution in [0.3, 0.4) is 0 Å². The highest BCUT2D eigenvalue weighted by Gasteiger charge is 2.23. The van der Waals surface area contributed by atoms with Gasteiger partial charge < -0.3 is 19.8 Å². The molecule has 126 valence electrons. The number of nitrogens with two attached hydrogens (primary N) is 1. The number of hydrogen-bond donors (Lipinski definition) is 1. The standard InChI is InChI=1S/C17H26N4O2/c1-4-23-10-14-20-15-16(21(14)9-11(2)22-3)12-7-5-6-8-13(12)19-17(15)18/h11H,4-10H2,1-3H3,(H2,18,19). The molecule has 6 heteroatoms. The van der Waals surface area contributed by atoms with Crippen LogP contribution in [0.2, 0.25) is 0 Å². The minimum absolute atomic E-state index is 0.0985. The summed E-state index contributed by atoms with van der Waals surface area (Å²) in [6.07, 6.45) is 4.52. The fourth-order valence-electron chi connectivity index (χ4n) is 3.28. The van der Waals surface area contributed by atoms with E-state index in [-0.39, 0.29) is 6.10 Å². The second-order valence-corrected chi connectivity index (χ2v) is 6.15. The highest BCUT2D eigenvalue weighted by molar-refractivity contribution is 5.89. The molecule has 0 fully saturated rings. The first-order valence-corrected chi connectivity index (χ1v) is 8.42. The third-order valence-corrected chi connectivity index (χ3v) is 4.55. The third-order valence-electron chi connectivity index (χ3n) is 4.55. The minimum Gasteiger partial charge on any atom is -0.382 e. The molecule has 2 aromatic rings. The van der Waals surface area contributed by atoms with Crippen molar-refractivity contribution in [3.8, 4) is 0 Å². The Bertz CT molecular complexity index is 696. The van der Waals surface area contributed by atoms with Gasteiger partial charge in [-0.05, 0) is 45.1 Å². The maximum atomic E-state index is 6.20. The first-order chi connectivity index (χ1) is 11.2. The van der Waals surface area contributed by atoms with Gasteiger partial charge in [-0.15, -0.1) is 0 Å². The molecule has 0 saturated carbocycles. The summed E-state index contributed by atoms with van der Waals surface area (Å²) >= 11 is 0. The van der Waals surface area contributed by atoms with Gasteiger partial charge in [-0.25, -0.2) is 9.97 Å². The molecule has 0 spiro atoms. The Morgan fingerprint density at radius 2 is 2.04 bits per heavy atom. The Balaban J connectivity index is 2.18. The van der Waals surface area contributed by atoms with Gasteiger partial charge >= 0.3 is 0 Å². The van der Waals surface area contributed by atoms with Gasteiger partial charge in [-0.2, -0.15) is 0 Å². The lowest BCUT2D eigenvalue weighted by molar-refractivity contribution is 0.0959. The van der Waals surface area contributed by atoms with Gasteiger partial charge in [0.1, 0.15) is 17.9 Å². The van der Waals surface area contributed by atoms with E-state index >= 15 is 0 Å². The van der Waals surface area contributed by atoms with Crippen molar-refractivity contribution in [1.82, 2.24) is 14.5 Å². The third kappa shape index (κ3) is 3.05. The number of aromatic nitrogens is 3. The topological polar surface area (TPSA) is 75.2 Å². The van der Waals surface area contributed by atoms with Crippen molar-refractivity contribution in [2.45, 2.75) is 58.8 Å². The number of rotatable bonds is 6. The number of ether oxygens (including phenoxy) is 2. The van der Waals surface area contributed by atoms with Gasteiger partial charge in [0.25, 0.3) is 0 Å². The van der Waals surface area contributed by atoms with Gasteiger partial charge in [0.15, 0.2) is 5.82 Å². The van der Waals surface area contributed by atoms with Crippen LogP contribution in [0.4, 0.5) is 5.82 Å². The lowest BCUT2D eigenvalue weighted by Gasteiger charge is -2.20. The van der Waals surface area contributed by atoms with E-state index in [0.29, 0.717) is 19.0 Å². The maximum absolute atomic E-state index is 6.20. The molecule has 0 radical (unpaired) electrons. The second kappa shape index (κ2) is 6.84. The fraction of sp³-hybridized carbons (Fsp3) is 0.647. The van der Waals surface area contributed by atoms with Crippen LogP contribution >= 0.6 is 0 Å². The first kappa shape index (κ1) is 16.2. The van der Waals surface area contributed by atoms with Crippen LogP contribution in [-0.4, -0.2) is 34.4 Å². The highest BCUT2D eigenvalue weighted by atomic mass is 16.5. The molecular formula is C17H26N4O2. The van der Waals surface area contributed by atoms with Crippen LogP contribution in [0.1, 0.15) is 43.8 Å². The van der Waals surface area contributed by atoms with Crippen LogP contribution < -0.4 is 5.73 Å². The zero-order chi connectivity index (χ0) is 16.4. The average Bonchev–Trinajstić information content (AvgIpc) is 2.92.